The van der Waals surface area contributed by atoms with E-state index in [-0.39, 0.29) is 34.9 Å². The Labute approximate surface area is 233 Å². The Hall–Kier alpha value is -4.03. The number of esters is 2. The number of hydrogen-bond donors (Lipinski definition) is 1. The number of ether oxygens (including phenoxy) is 2. The zero-order valence-corrected chi connectivity index (χ0v) is 23.4. The van der Waals surface area contributed by atoms with Crippen LogP contribution in [0.2, 0.25) is 0 Å². The number of carbonyl (C=O) groups excluding carboxylic acids is 2. The van der Waals surface area contributed by atoms with Crippen molar-refractivity contribution in [2.24, 2.45) is 0 Å². The van der Waals surface area contributed by atoms with Gasteiger partial charge in [0.15, 0.2) is 0 Å². The monoisotopic (exact) mass is 572 g/mol. The summed E-state index contributed by atoms with van der Waals surface area (Å²) in [6, 6.07) is 13.7. The Morgan fingerprint density at radius 1 is 0.900 bits per heavy atom. The molecule has 0 aliphatic carbocycles. The fourth-order valence-corrected chi connectivity index (χ4v) is 5.38. The summed E-state index contributed by atoms with van der Waals surface area (Å²) >= 11 is 0. The molecular weight excluding hydrogens is 540 g/mol. The van der Waals surface area contributed by atoms with E-state index in [2.05, 4.69) is 5.32 Å². The fourth-order valence-electron chi connectivity index (χ4n) is 4.42. The second kappa shape index (κ2) is 13.9. The molecule has 1 atom stereocenters. The molecule has 0 spiro atoms. The summed E-state index contributed by atoms with van der Waals surface area (Å²) in [7, 11) is -2.57. The number of hydrogen-bond acceptors (Lipinski definition) is 10. The second-order valence-electron chi connectivity index (χ2n) is 9.12. The first-order chi connectivity index (χ1) is 19.1. The highest BCUT2D eigenvalue weighted by Crippen LogP contribution is 2.40. The topological polar surface area (TPSA) is 151 Å². The van der Waals surface area contributed by atoms with Crippen LogP contribution in [0.3, 0.4) is 0 Å². The smallest absolute Gasteiger partial charge is 0.336 e. The van der Waals surface area contributed by atoms with E-state index in [9.17, 15) is 28.1 Å². The maximum atomic E-state index is 13.2. The first kappa shape index (κ1) is 30.5. The number of dihydropyridines is 1. The van der Waals surface area contributed by atoms with E-state index < -0.39 is 32.9 Å². The SMILES string of the molecule is COC(=O)C1=C(C)NC(C)=C(C(=O)OCCCCCCOS(=O)(=O)c2ccccc2)C1c1cccc([N+](=O)[O-])c1. The molecule has 0 saturated heterocycles. The number of methoxy groups -OCH3 is 1. The van der Waals surface area contributed by atoms with Crippen LogP contribution in [0.1, 0.15) is 51.0 Å². The van der Waals surface area contributed by atoms with Gasteiger partial charge < -0.3 is 14.8 Å². The van der Waals surface area contributed by atoms with Crippen molar-refractivity contribution in [3.05, 3.63) is 92.8 Å². The lowest BCUT2D eigenvalue weighted by Crippen LogP contribution is -2.32. The molecule has 0 aromatic heterocycles. The van der Waals surface area contributed by atoms with Gasteiger partial charge in [-0.25, -0.2) is 9.59 Å². The maximum Gasteiger partial charge on any atom is 0.336 e. The molecule has 0 bridgehead atoms. The number of nitro groups is 1. The Bertz CT molecular complexity index is 1420. The molecule has 0 fully saturated rings. The molecule has 0 amide bonds. The van der Waals surface area contributed by atoms with Gasteiger partial charge in [0.1, 0.15) is 0 Å². The van der Waals surface area contributed by atoms with Crippen molar-refractivity contribution in [1.29, 1.82) is 0 Å². The Morgan fingerprint density at radius 2 is 1.52 bits per heavy atom. The molecule has 3 rings (SSSR count). The van der Waals surface area contributed by atoms with Crippen molar-refractivity contribution in [3.8, 4) is 0 Å². The van der Waals surface area contributed by atoms with Gasteiger partial charge in [0.25, 0.3) is 15.8 Å². The van der Waals surface area contributed by atoms with Crippen LogP contribution in [0, 0.1) is 10.1 Å². The van der Waals surface area contributed by atoms with Gasteiger partial charge in [0, 0.05) is 23.5 Å². The predicted octanol–water partition coefficient (Wildman–Crippen LogP) is 4.51. The molecule has 2 aromatic carbocycles. The quantitative estimate of drug-likeness (QED) is 0.119. The van der Waals surface area contributed by atoms with Gasteiger partial charge in [-0.05, 0) is 50.8 Å². The molecule has 1 unspecified atom stereocenters. The number of benzene rings is 2. The van der Waals surface area contributed by atoms with E-state index in [4.69, 9.17) is 13.7 Å². The zero-order valence-electron chi connectivity index (χ0n) is 22.5. The van der Waals surface area contributed by atoms with Crippen LogP contribution in [-0.2, 0) is 33.4 Å². The largest absolute Gasteiger partial charge is 0.466 e. The minimum atomic E-state index is -3.79. The Morgan fingerprint density at radius 3 is 2.15 bits per heavy atom. The summed E-state index contributed by atoms with van der Waals surface area (Å²) in [6.07, 6.45) is 2.36. The van der Waals surface area contributed by atoms with Crippen LogP contribution >= 0.6 is 0 Å². The highest BCUT2D eigenvalue weighted by atomic mass is 32.2. The van der Waals surface area contributed by atoms with Crippen molar-refractivity contribution >= 4 is 27.7 Å². The van der Waals surface area contributed by atoms with Gasteiger partial charge in [-0.15, -0.1) is 0 Å². The van der Waals surface area contributed by atoms with Crippen molar-refractivity contribution in [2.45, 2.75) is 50.3 Å². The number of nitrogens with one attached hydrogen (secondary N) is 1. The van der Waals surface area contributed by atoms with E-state index in [1.165, 1.54) is 37.4 Å². The number of carbonyl (C=O) groups is 2. The standard InChI is InChI=1S/C28H32N2O9S/c1-19-24(27(31)37-3)26(21-12-11-13-22(18-21)30(33)34)25(20(2)29-19)28(32)38-16-9-4-5-10-17-39-40(35,36)23-14-7-6-8-15-23/h6-8,11-15,18,26,29H,4-5,9-10,16-17H2,1-3H3. The van der Waals surface area contributed by atoms with Gasteiger partial charge in [0.05, 0.1) is 47.2 Å². The van der Waals surface area contributed by atoms with Crippen molar-refractivity contribution in [1.82, 2.24) is 5.32 Å². The minimum absolute atomic E-state index is 0.0433. The molecule has 0 radical (unpaired) electrons. The van der Waals surface area contributed by atoms with Crippen LogP contribution in [0.5, 0.6) is 0 Å². The minimum Gasteiger partial charge on any atom is -0.466 e. The molecule has 0 saturated carbocycles. The van der Waals surface area contributed by atoms with E-state index in [0.29, 0.717) is 42.6 Å². The van der Waals surface area contributed by atoms with Crippen molar-refractivity contribution in [2.75, 3.05) is 20.3 Å². The van der Waals surface area contributed by atoms with Gasteiger partial charge in [-0.1, -0.05) is 36.8 Å². The second-order valence-corrected chi connectivity index (χ2v) is 10.7. The lowest BCUT2D eigenvalue weighted by atomic mass is 9.80. The summed E-state index contributed by atoms with van der Waals surface area (Å²) in [4.78, 5) is 36.9. The molecule has 11 nitrogen and oxygen atoms in total. The van der Waals surface area contributed by atoms with Crippen LogP contribution in [0.4, 0.5) is 5.69 Å². The number of rotatable bonds is 13. The summed E-state index contributed by atoms with van der Waals surface area (Å²) in [5, 5.41) is 14.4. The lowest BCUT2D eigenvalue weighted by Gasteiger charge is -2.30. The highest BCUT2D eigenvalue weighted by Gasteiger charge is 2.38. The maximum absolute atomic E-state index is 13.2. The normalized spacial score (nSPS) is 15.4. The molecule has 2 aromatic rings. The molecule has 1 N–H and O–H groups in total. The molecule has 1 aliphatic heterocycles. The zero-order chi connectivity index (χ0) is 29.3. The van der Waals surface area contributed by atoms with Crippen LogP contribution < -0.4 is 5.32 Å². The number of unbranched alkanes of at least 4 members (excludes halogenated alkanes) is 3. The summed E-state index contributed by atoms with van der Waals surface area (Å²) < 4.78 is 39.8. The first-order valence-electron chi connectivity index (χ1n) is 12.7. The van der Waals surface area contributed by atoms with E-state index in [1.807, 2.05) is 0 Å². The number of nitrogens with zero attached hydrogens (tertiary/aromatic N) is 1. The average Bonchev–Trinajstić information content (AvgIpc) is 2.94. The molecular formula is C28H32N2O9S. The van der Waals surface area contributed by atoms with Gasteiger partial charge in [-0.2, -0.15) is 8.42 Å². The summed E-state index contributed by atoms with van der Waals surface area (Å²) in [6.45, 7) is 3.47. The van der Waals surface area contributed by atoms with E-state index in [0.717, 1.165) is 0 Å². The number of non-ortho nitro benzene ring substituents is 1. The highest BCUT2D eigenvalue weighted by molar-refractivity contribution is 7.86. The lowest BCUT2D eigenvalue weighted by molar-refractivity contribution is -0.384. The predicted molar refractivity (Wildman–Crippen MR) is 145 cm³/mol. The van der Waals surface area contributed by atoms with E-state index >= 15 is 0 Å². The fraction of sp³-hybridized carbons (Fsp3) is 0.357. The molecule has 12 heteroatoms. The summed E-state index contributed by atoms with van der Waals surface area (Å²) in [5.41, 5.74) is 1.45. The van der Waals surface area contributed by atoms with Crippen molar-refractivity contribution < 1.29 is 36.6 Å². The molecule has 1 heterocycles. The van der Waals surface area contributed by atoms with Crippen LogP contribution in [-0.4, -0.2) is 45.6 Å². The van der Waals surface area contributed by atoms with Crippen molar-refractivity contribution in [3.63, 3.8) is 0 Å². The number of allylic oxidation sites excluding steroid dienone is 2. The third-order valence-corrected chi connectivity index (χ3v) is 7.67. The molecule has 214 valence electrons. The van der Waals surface area contributed by atoms with E-state index in [1.54, 1.807) is 38.1 Å². The number of nitro benzene ring substituents is 1. The molecule has 40 heavy (non-hydrogen) atoms. The third-order valence-electron chi connectivity index (χ3n) is 6.34. The first-order valence-corrected chi connectivity index (χ1v) is 14.1. The average molecular weight is 573 g/mol. The van der Waals surface area contributed by atoms with Gasteiger partial charge in [0.2, 0.25) is 0 Å². The summed E-state index contributed by atoms with van der Waals surface area (Å²) in [5.74, 6) is -2.26. The van der Waals surface area contributed by atoms with Gasteiger partial charge in [-0.3, -0.25) is 14.3 Å². The Kier molecular flexibility index (Phi) is 10.6. The van der Waals surface area contributed by atoms with Crippen LogP contribution in [0.15, 0.2) is 82.0 Å². The molecule has 1 aliphatic rings. The third kappa shape index (κ3) is 7.54. The van der Waals surface area contributed by atoms with Gasteiger partial charge >= 0.3 is 11.9 Å². The Balaban J connectivity index is 1.60. The van der Waals surface area contributed by atoms with Crippen LogP contribution in [0.25, 0.3) is 0 Å².